The van der Waals surface area contributed by atoms with Crippen molar-refractivity contribution in [2.75, 3.05) is 6.61 Å². The van der Waals surface area contributed by atoms with Crippen LogP contribution in [0.15, 0.2) is 5.16 Å². The summed E-state index contributed by atoms with van der Waals surface area (Å²) < 4.78 is 7.40. The highest BCUT2D eigenvalue weighted by molar-refractivity contribution is 6.00. The molecule has 1 aromatic heterocycles. The molecule has 0 aliphatic rings. The number of rotatable bonds is 6. The van der Waals surface area contributed by atoms with Gasteiger partial charge in [0, 0.05) is 7.05 Å². The topological polar surface area (TPSA) is 85.7 Å². The van der Waals surface area contributed by atoms with E-state index in [9.17, 15) is 0 Å². The van der Waals surface area contributed by atoms with Gasteiger partial charge in [0.2, 0.25) is 5.88 Å². The number of nitrogens with zero attached hydrogens (tertiary/aromatic N) is 3. The molecular formula is C12H22N4O2. The average molecular weight is 254 g/mol. The van der Waals surface area contributed by atoms with Crippen LogP contribution in [-0.4, -0.2) is 27.4 Å². The monoisotopic (exact) mass is 254 g/mol. The SMILES string of the molecule is CCC(CC)COc1c(C(N)=NO)c(C)nn1C. The summed E-state index contributed by atoms with van der Waals surface area (Å²) in [7, 11) is 1.78. The van der Waals surface area contributed by atoms with Crippen molar-refractivity contribution < 1.29 is 9.94 Å². The molecule has 0 aliphatic carbocycles. The van der Waals surface area contributed by atoms with Crippen LogP contribution in [0, 0.1) is 12.8 Å². The van der Waals surface area contributed by atoms with Crippen molar-refractivity contribution in [2.45, 2.75) is 33.6 Å². The van der Waals surface area contributed by atoms with Crippen LogP contribution in [0.3, 0.4) is 0 Å². The van der Waals surface area contributed by atoms with Crippen LogP contribution in [0.4, 0.5) is 0 Å². The first-order chi connectivity index (χ1) is 8.54. The lowest BCUT2D eigenvalue weighted by Crippen LogP contribution is -2.18. The first kappa shape index (κ1) is 14.3. The van der Waals surface area contributed by atoms with E-state index in [4.69, 9.17) is 15.7 Å². The first-order valence-corrected chi connectivity index (χ1v) is 6.19. The Kier molecular flexibility index (Phi) is 5.00. The van der Waals surface area contributed by atoms with Gasteiger partial charge in [-0.25, -0.2) is 4.68 Å². The maximum atomic E-state index is 8.79. The van der Waals surface area contributed by atoms with Crippen LogP contribution in [0.1, 0.15) is 37.9 Å². The molecule has 0 unspecified atom stereocenters. The van der Waals surface area contributed by atoms with Crippen molar-refractivity contribution in [3.8, 4) is 5.88 Å². The Morgan fingerprint density at radius 3 is 2.61 bits per heavy atom. The summed E-state index contributed by atoms with van der Waals surface area (Å²) in [5, 5.41) is 16.0. The molecule has 0 bridgehead atoms. The Hall–Kier alpha value is -1.72. The predicted octanol–water partition coefficient (Wildman–Crippen LogP) is 1.64. The van der Waals surface area contributed by atoms with Crippen molar-refractivity contribution in [1.82, 2.24) is 9.78 Å². The summed E-state index contributed by atoms with van der Waals surface area (Å²) in [6, 6.07) is 0. The highest BCUT2D eigenvalue weighted by atomic mass is 16.5. The Labute approximate surface area is 107 Å². The Morgan fingerprint density at radius 1 is 1.50 bits per heavy atom. The number of aryl methyl sites for hydroxylation is 2. The molecule has 0 radical (unpaired) electrons. The molecule has 0 fully saturated rings. The molecule has 6 nitrogen and oxygen atoms in total. The van der Waals surface area contributed by atoms with E-state index >= 15 is 0 Å². The molecule has 18 heavy (non-hydrogen) atoms. The van der Waals surface area contributed by atoms with E-state index < -0.39 is 0 Å². The predicted molar refractivity (Wildman–Crippen MR) is 70.0 cm³/mol. The minimum Gasteiger partial charge on any atom is -0.477 e. The van der Waals surface area contributed by atoms with Gasteiger partial charge in [-0.3, -0.25) is 0 Å². The molecule has 1 heterocycles. The maximum absolute atomic E-state index is 8.79. The van der Waals surface area contributed by atoms with E-state index in [0.29, 0.717) is 29.7 Å². The molecule has 1 rings (SSSR count). The minimum absolute atomic E-state index is 0.0279. The summed E-state index contributed by atoms with van der Waals surface area (Å²) in [6.07, 6.45) is 2.12. The average Bonchev–Trinajstić information content (AvgIpc) is 2.64. The molecule has 1 aromatic rings. The Morgan fingerprint density at radius 2 is 2.11 bits per heavy atom. The molecule has 0 amide bonds. The van der Waals surface area contributed by atoms with Crippen molar-refractivity contribution in [3.05, 3.63) is 11.3 Å². The molecule has 0 saturated heterocycles. The van der Waals surface area contributed by atoms with E-state index in [-0.39, 0.29) is 5.84 Å². The van der Waals surface area contributed by atoms with Crippen LogP contribution in [0.5, 0.6) is 5.88 Å². The van der Waals surface area contributed by atoms with Gasteiger partial charge in [-0.1, -0.05) is 31.8 Å². The number of ether oxygens (including phenoxy) is 1. The van der Waals surface area contributed by atoms with Gasteiger partial charge in [-0.15, -0.1) is 0 Å². The van der Waals surface area contributed by atoms with E-state index in [1.165, 1.54) is 0 Å². The fourth-order valence-corrected chi connectivity index (χ4v) is 1.87. The highest BCUT2D eigenvalue weighted by Gasteiger charge is 2.19. The maximum Gasteiger partial charge on any atom is 0.223 e. The summed E-state index contributed by atoms with van der Waals surface area (Å²) in [5.74, 6) is 1.08. The fraction of sp³-hybridized carbons (Fsp3) is 0.667. The third-order valence-electron chi connectivity index (χ3n) is 3.14. The van der Waals surface area contributed by atoms with Gasteiger partial charge in [-0.05, 0) is 12.8 Å². The van der Waals surface area contributed by atoms with E-state index in [1.807, 2.05) is 0 Å². The normalized spacial score (nSPS) is 12.2. The molecule has 0 atom stereocenters. The molecule has 0 spiro atoms. The lowest BCUT2D eigenvalue weighted by molar-refractivity contribution is 0.223. The van der Waals surface area contributed by atoms with E-state index in [2.05, 4.69) is 24.1 Å². The molecule has 0 aromatic carbocycles. The standard InChI is InChI=1S/C12H22N4O2/c1-5-9(6-2)7-18-12-10(11(13)15-17)8(3)14-16(12)4/h9,17H,5-7H2,1-4H3,(H2,13,15). The second kappa shape index (κ2) is 6.28. The molecule has 0 saturated carbocycles. The number of oxime groups is 1. The zero-order valence-corrected chi connectivity index (χ0v) is 11.5. The first-order valence-electron chi connectivity index (χ1n) is 6.19. The third kappa shape index (κ3) is 2.94. The smallest absolute Gasteiger partial charge is 0.223 e. The van der Waals surface area contributed by atoms with Gasteiger partial charge in [0.15, 0.2) is 5.84 Å². The van der Waals surface area contributed by atoms with Gasteiger partial charge < -0.3 is 15.7 Å². The Bertz CT molecular complexity index is 422. The van der Waals surface area contributed by atoms with Gasteiger partial charge in [-0.2, -0.15) is 5.10 Å². The van der Waals surface area contributed by atoms with Crippen LogP contribution in [0.2, 0.25) is 0 Å². The largest absolute Gasteiger partial charge is 0.477 e. The second-order valence-corrected chi connectivity index (χ2v) is 4.37. The second-order valence-electron chi connectivity index (χ2n) is 4.37. The summed E-state index contributed by atoms with van der Waals surface area (Å²) in [4.78, 5) is 0. The number of hydrogen-bond acceptors (Lipinski definition) is 4. The van der Waals surface area contributed by atoms with Crippen molar-refractivity contribution in [2.24, 2.45) is 23.9 Å². The zero-order valence-electron chi connectivity index (χ0n) is 11.5. The molecule has 6 heteroatoms. The zero-order chi connectivity index (χ0) is 13.7. The van der Waals surface area contributed by atoms with Gasteiger partial charge in [0.1, 0.15) is 5.56 Å². The third-order valence-corrected chi connectivity index (χ3v) is 3.14. The molecule has 102 valence electrons. The quantitative estimate of drug-likeness (QED) is 0.350. The summed E-state index contributed by atoms with van der Waals surface area (Å²) >= 11 is 0. The number of hydrogen-bond donors (Lipinski definition) is 2. The van der Waals surface area contributed by atoms with Crippen LogP contribution in [0.25, 0.3) is 0 Å². The number of aromatic nitrogens is 2. The van der Waals surface area contributed by atoms with Gasteiger partial charge in [0.25, 0.3) is 0 Å². The molecular weight excluding hydrogens is 232 g/mol. The summed E-state index contributed by atoms with van der Waals surface area (Å²) in [5.41, 5.74) is 6.90. The van der Waals surface area contributed by atoms with Crippen molar-refractivity contribution >= 4 is 5.84 Å². The van der Waals surface area contributed by atoms with E-state index in [1.54, 1.807) is 18.7 Å². The van der Waals surface area contributed by atoms with E-state index in [0.717, 1.165) is 12.8 Å². The van der Waals surface area contributed by atoms with Crippen molar-refractivity contribution in [1.29, 1.82) is 0 Å². The van der Waals surface area contributed by atoms with Crippen LogP contribution in [-0.2, 0) is 7.05 Å². The lowest BCUT2D eigenvalue weighted by atomic mass is 10.1. The number of nitrogens with two attached hydrogens (primary N) is 1. The highest BCUT2D eigenvalue weighted by Crippen LogP contribution is 2.22. The van der Waals surface area contributed by atoms with Crippen LogP contribution < -0.4 is 10.5 Å². The van der Waals surface area contributed by atoms with Crippen LogP contribution >= 0.6 is 0 Å². The fourth-order valence-electron chi connectivity index (χ4n) is 1.87. The lowest BCUT2D eigenvalue weighted by Gasteiger charge is -2.14. The summed E-state index contributed by atoms with van der Waals surface area (Å²) in [6.45, 7) is 6.68. The van der Waals surface area contributed by atoms with Gasteiger partial charge in [0.05, 0.1) is 12.3 Å². The minimum atomic E-state index is 0.0279. The van der Waals surface area contributed by atoms with Crippen molar-refractivity contribution in [3.63, 3.8) is 0 Å². The Balaban J connectivity index is 2.94. The molecule has 3 N–H and O–H groups in total. The molecule has 0 aliphatic heterocycles. The number of amidine groups is 1. The van der Waals surface area contributed by atoms with Gasteiger partial charge >= 0.3 is 0 Å².